The van der Waals surface area contributed by atoms with Gasteiger partial charge in [0, 0.05) is 57.6 Å². The highest BCUT2D eigenvalue weighted by molar-refractivity contribution is 5.85. The number of carbonyl (C=O) groups excluding carboxylic acids is 2. The molecule has 2 fully saturated rings. The van der Waals surface area contributed by atoms with Gasteiger partial charge in [0.1, 0.15) is 6.04 Å². The number of rotatable bonds is 5. The topological polar surface area (TPSA) is 73.7 Å². The molecule has 10 heteroatoms. The Morgan fingerprint density at radius 1 is 1.17 bits per heavy atom. The van der Waals surface area contributed by atoms with Gasteiger partial charge in [-0.05, 0) is 33.2 Å². The standard InChI is InChI=1S/C19H32N6O2.2ClH/c1-15-6-4-5-7-25(15)17(26)14-23-8-10-24(11-9-23)19(27)18(20-2)16-12-21-22(3)13-16;;/h12-13,15,18,20H,4-11,14H2,1-3H3;2*1H. The molecule has 29 heavy (non-hydrogen) atoms. The highest BCUT2D eigenvalue weighted by Gasteiger charge is 2.30. The van der Waals surface area contributed by atoms with E-state index in [-0.39, 0.29) is 42.7 Å². The monoisotopic (exact) mass is 448 g/mol. The third-order valence-electron chi connectivity index (χ3n) is 5.76. The van der Waals surface area contributed by atoms with Gasteiger partial charge in [0.2, 0.25) is 11.8 Å². The smallest absolute Gasteiger partial charge is 0.244 e. The van der Waals surface area contributed by atoms with Crippen LogP contribution in [0.4, 0.5) is 0 Å². The molecule has 2 aliphatic heterocycles. The van der Waals surface area contributed by atoms with Crippen LogP contribution in [0.3, 0.4) is 0 Å². The summed E-state index contributed by atoms with van der Waals surface area (Å²) >= 11 is 0. The lowest BCUT2D eigenvalue weighted by Crippen LogP contribution is -2.54. The van der Waals surface area contributed by atoms with Gasteiger partial charge in [-0.1, -0.05) is 0 Å². The maximum absolute atomic E-state index is 12.9. The van der Waals surface area contributed by atoms with E-state index in [1.165, 1.54) is 6.42 Å². The molecule has 2 amide bonds. The molecule has 8 nitrogen and oxygen atoms in total. The number of halogens is 2. The second-order valence-corrected chi connectivity index (χ2v) is 7.70. The Morgan fingerprint density at radius 2 is 1.86 bits per heavy atom. The highest BCUT2D eigenvalue weighted by Crippen LogP contribution is 2.18. The predicted octanol–water partition coefficient (Wildman–Crippen LogP) is 1.07. The van der Waals surface area contributed by atoms with Gasteiger partial charge in [0.05, 0.1) is 12.7 Å². The Bertz CT molecular complexity index is 663. The largest absolute Gasteiger partial charge is 0.339 e. The fourth-order valence-electron chi connectivity index (χ4n) is 4.08. The molecular weight excluding hydrogens is 415 g/mol. The lowest BCUT2D eigenvalue weighted by atomic mass is 10.0. The summed E-state index contributed by atoms with van der Waals surface area (Å²) in [6.45, 7) is 6.27. The van der Waals surface area contributed by atoms with Crippen LogP contribution in [-0.2, 0) is 16.6 Å². The Labute approximate surface area is 185 Å². The number of piperazine rings is 1. The number of hydrogen-bond acceptors (Lipinski definition) is 5. The van der Waals surface area contributed by atoms with Crippen LogP contribution in [0.25, 0.3) is 0 Å². The van der Waals surface area contributed by atoms with E-state index in [4.69, 9.17) is 0 Å². The molecule has 2 aliphatic rings. The second kappa shape index (κ2) is 11.7. The summed E-state index contributed by atoms with van der Waals surface area (Å²) < 4.78 is 1.71. The Hall–Kier alpha value is -1.35. The molecule has 0 bridgehead atoms. The molecule has 0 spiro atoms. The first-order chi connectivity index (χ1) is 13.0. The van der Waals surface area contributed by atoms with E-state index >= 15 is 0 Å². The van der Waals surface area contributed by atoms with Crippen LogP contribution in [0, 0.1) is 0 Å². The second-order valence-electron chi connectivity index (χ2n) is 7.70. The molecule has 1 aromatic rings. The van der Waals surface area contributed by atoms with Gasteiger partial charge < -0.3 is 15.1 Å². The molecule has 1 N–H and O–H groups in total. The van der Waals surface area contributed by atoms with Gasteiger partial charge in [-0.3, -0.25) is 19.2 Å². The van der Waals surface area contributed by atoms with E-state index in [1.54, 1.807) is 17.9 Å². The minimum atomic E-state index is -0.374. The summed E-state index contributed by atoms with van der Waals surface area (Å²) in [5.41, 5.74) is 0.877. The van der Waals surface area contributed by atoms with Gasteiger partial charge in [0.25, 0.3) is 0 Å². The van der Waals surface area contributed by atoms with Crippen LogP contribution in [0.5, 0.6) is 0 Å². The molecule has 0 saturated carbocycles. The van der Waals surface area contributed by atoms with Crippen molar-refractivity contribution in [2.45, 2.75) is 38.3 Å². The van der Waals surface area contributed by atoms with Crippen LogP contribution in [0.15, 0.2) is 12.4 Å². The summed E-state index contributed by atoms with van der Waals surface area (Å²) in [6, 6.07) is -0.0222. The van der Waals surface area contributed by atoms with Crippen molar-refractivity contribution in [2.24, 2.45) is 7.05 Å². The van der Waals surface area contributed by atoms with Crippen LogP contribution >= 0.6 is 24.8 Å². The van der Waals surface area contributed by atoms with Gasteiger partial charge in [0.15, 0.2) is 0 Å². The lowest BCUT2D eigenvalue weighted by molar-refractivity contribution is -0.138. The van der Waals surface area contributed by atoms with Gasteiger partial charge in [-0.15, -0.1) is 24.8 Å². The minimum Gasteiger partial charge on any atom is -0.339 e. The number of nitrogens with one attached hydrogen (secondary N) is 1. The first kappa shape index (κ1) is 25.7. The van der Waals surface area contributed by atoms with E-state index < -0.39 is 0 Å². The number of likely N-dealkylation sites (N-methyl/N-ethyl adjacent to an activating group) is 1. The Morgan fingerprint density at radius 3 is 2.41 bits per heavy atom. The quantitative estimate of drug-likeness (QED) is 0.728. The zero-order chi connectivity index (χ0) is 19.4. The van der Waals surface area contributed by atoms with Crippen LogP contribution in [0.2, 0.25) is 0 Å². The zero-order valence-corrected chi connectivity index (χ0v) is 19.2. The number of hydrogen-bond donors (Lipinski definition) is 1. The summed E-state index contributed by atoms with van der Waals surface area (Å²) in [5, 5.41) is 7.26. The number of aromatic nitrogens is 2. The molecule has 166 valence electrons. The molecule has 2 unspecified atom stereocenters. The summed E-state index contributed by atoms with van der Waals surface area (Å²) in [4.78, 5) is 31.6. The van der Waals surface area contributed by atoms with Gasteiger partial charge >= 0.3 is 0 Å². The number of nitrogens with zero attached hydrogens (tertiary/aromatic N) is 5. The van der Waals surface area contributed by atoms with E-state index in [0.29, 0.717) is 25.7 Å². The molecule has 2 saturated heterocycles. The lowest BCUT2D eigenvalue weighted by Gasteiger charge is -2.38. The maximum atomic E-state index is 12.9. The van der Waals surface area contributed by atoms with Crippen molar-refractivity contribution in [3.8, 4) is 0 Å². The molecule has 3 heterocycles. The highest BCUT2D eigenvalue weighted by atomic mass is 35.5. The van der Waals surface area contributed by atoms with E-state index in [2.05, 4.69) is 22.2 Å². The van der Waals surface area contributed by atoms with E-state index in [0.717, 1.165) is 38.0 Å². The van der Waals surface area contributed by atoms with Crippen molar-refractivity contribution in [3.05, 3.63) is 18.0 Å². The van der Waals surface area contributed by atoms with Crippen molar-refractivity contribution in [1.29, 1.82) is 0 Å². The number of carbonyl (C=O) groups is 2. The number of aryl methyl sites for hydroxylation is 1. The zero-order valence-electron chi connectivity index (χ0n) is 17.5. The van der Waals surface area contributed by atoms with Crippen LogP contribution in [-0.4, -0.2) is 88.7 Å². The Kier molecular flexibility index (Phi) is 10.4. The molecule has 0 radical (unpaired) electrons. The predicted molar refractivity (Wildman–Crippen MR) is 118 cm³/mol. The fourth-order valence-corrected chi connectivity index (χ4v) is 4.08. The first-order valence-corrected chi connectivity index (χ1v) is 9.96. The Balaban J connectivity index is 0.00000210. The number of likely N-dealkylation sites (tertiary alicyclic amines) is 1. The van der Waals surface area contributed by atoms with Crippen molar-refractivity contribution in [1.82, 2.24) is 29.8 Å². The van der Waals surface area contributed by atoms with Crippen molar-refractivity contribution >= 4 is 36.6 Å². The number of piperidine rings is 1. The summed E-state index contributed by atoms with van der Waals surface area (Å²) in [5.74, 6) is 0.298. The number of amides is 2. The average Bonchev–Trinajstić information content (AvgIpc) is 3.09. The molecule has 3 rings (SSSR count). The van der Waals surface area contributed by atoms with Crippen LogP contribution in [0.1, 0.15) is 37.8 Å². The first-order valence-electron chi connectivity index (χ1n) is 9.96. The van der Waals surface area contributed by atoms with Gasteiger partial charge in [-0.2, -0.15) is 5.10 Å². The third kappa shape index (κ3) is 6.31. The van der Waals surface area contributed by atoms with Crippen molar-refractivity contribution in [3.63, 3.8) is 0 Å². The molecule has 1 aromatic heterocycles. The minimum absolute atomic E-state index is 0. The normalized spacial score (nSPS) is 21.1. The summed E-state index contributed by atoms with van der Waals surface area (Å²) in [6.07, 6.45) is 7.03. The van der Waals surface area contributed by atoms with E-state index in [1.807, 2.05) is 23.0 Å². The third-order valence-corrected chi connectivity index (χ3v) is 5.76. The SMILES string of the molecule is CNC(C(=O)N1CCN(CC(=O)N2CCCCC2C)CC1)c1cnn(C)c1.Cl.Cl. The van der Waals surface area contributed by atoms with Crippen molar-refractivity contribution < 1.29 is 9.59 Å². The fraction of sp³-hybridized carbons (Fsp3) is 0.737. The molecule has 0 aliphatic carbocycles. The molecule has 2 atom stereocenters. The average molecular weight is 449 g/mol. The summed E-state index contributed by atoms with van der Waals surface area (Å²) in [7, 11) is 3.64. The molecule has 0 aromatic carbocycles. The molecular formula is C19H34Cl2N6O2. The maximum Gasteiger partial charge on any atom is 0.244 e. The van der Waals surface area contributed by atoms with Crippen LogP contribution < -0.4 is 5.32 Å². The van der Waals surface area contributed by atoms with Gasteiger partial charge in [-0.25, -0.2) is 0 Å². The van der Waals surface area contributed by atoms with Crippen molar-refractivity contribution in [2.75, 3.05) is 46.3 Å². The van der Waals surface area contributed by atoms with E-state index in [9.17, 15) is 9.59 Å².